The van der Waals surface area contributed by atoms with Crippen molar-refractivity contribution in [3.8, 4) is 0 Å². The summed E-state index contributed by atoms with van der Waals surface area (Å²) in [7, 11) is -11.7. The average molecular weight is 997 g/mol. The number of nitrogens with zero attached hydrogens (tertiary/aromatic N) is 2. The van der Waals surface area contributed by atoms with Crippen molar-refractivity contribution in [1.82, 2.24) is 0 Å². The number of esters is 2. The molecule has 0 heterocycles. The Kier molecular flexibility index (Phi) is 21.3. The van der Waals surface area contributed by atoms with Gasteiger partial charge in [0.1, 0.15) is 12.2 Å². The van der Waals surface area contributed by atoms with E-state index in [1.54, 1.807) is 0 Å². The SMILES string of the molecule is CCCCCC.O=C(O[C@@H](CCN(c1ccccc1)S(=O)(=O)C(F)(F)F)c1ccccc1)C(F)(F)F.O=C(O[C@H](CCN(c1ccccc1)S(=O)(=O)C(F)(F)F)c1ccccc1)C(F)(F)F. The number of hydrogen-bond acceptors (Lipinski definition) is 8. The molecule has 66 heavy (non-hydrogen) atoms. The van der Waals surface area contributed by atoms with E-state index in [2.05, 4.69) is 23.3 Å². The molecule has 10 nitrogen and oxygen atoms in total. The first-order valence-electron chi connectivity index (χ1n) is 19.5. The Hall–Kier alpha value is -5.52. The second kappa shape index (κ2) is 24.8. The van der Waals surface area contributed by atoms with E-state index in [-0.39, 0.29) is 31.1 Å². The van der Waals surface area contributed by atoms with Gasteiger partial charge in [0.05, 0.1) is 11.4 Å². The number of anilines is 2. The number of benzene rings is 4. The first-order valence-corrected chi connectivity index (χ1v) is 22.4. The molecular weight excluding hydrogens is 953 g/mol. The number of carbonyl (C=O) groups excluding carboxylic acids is 2. The summed E-state index contributed by atoms with van der Waals surface area (Å²) in [6, 6.07) is 26.4. The van der Waals surface area contributed by atoms with E-state index in [1.165, 1.54) is 123 Å². The summed E-state index contributed by atoms with van der Waals surface area (Å²) >= 11 is 0. The molecule has 0 aliphatic heterocycles. The van der Waals surface area contributed by atoms with E-state index >= 15 is 0 Å². The van der Waals surface area contributed by atoms with Crippen LogP contribution in [-0.4, -0.2) is 65.2 Å². The van der Waals surface area contributed by atoms with Gasteiger partial charge in [-0.1, -0.05) is 137 Å². The Morgan fingerprint density at radius 2 is 0.727 bits per heavy atom. The fraction of sp³-hybridized carbons (Fsp3) is 0.381. The Balaban J connectivity index is 0.000000403. The Morgan fingerprint density at radius 1 is 0.470 bits per heavy atom. The van der Waals surface area contributed by atoms with Crippen LogP contribution in [0.1, 0.15) is 75.7 Å². The number of sulfonamides is 2. The van der Waals surface area contributed by atoms with Crippen LogP contribution < -0.4 is 8.61 Å². The van der Waals surface area contributed by atoms with Gasteiger partial charge in [-0.3, -0.25) is 8.61 Å². The second-order valence-electron chi connectivity index (χ2n) is 13.6. The summed E-state index contributed by atoms with van der Waals surface area (Å²) in [6.45, 7) is 2.68. The molecule has 0 aromatic heterocycles. The van der Waals surface area contributed by atoms with Gasteiger partial charge in [-0.05, 0) is 35.4 Å². The van der Waals surface area contributed by atoms with Gasteiger partial charge < -0.3 is 9.47 Å². The van der Waals surface area contributed by atoms with Crippen molar-refractivity contribution in [2.24, 2.45) is 0 Å². The van der Waals surface area contributed by atoms with Gasteiger partial charge in [-0.25, -0.2) is 9.59 Å². The van der Waals surface area contributed by atoms with Crippen LogP contribution in [0.5, 0.6) is 0 Å². The smallest absolute Gasteiger partial charge is 0.451 e. The molecule has 4 aromatic carbocycles. The molecule has 366 valence electrons. The quantitative estimate of drug-likeness (QED) is 0.0581. The summed E-state index contributed by atoms with van der Waals surface area (Å²) in [5.41, 5.74) is -11.9. The van der Waals surface area contributed by atoms with E-state index in [9.17, 15) is 79.1 Å². The van der Waals surface area contributed by atoms with Gasteiger partial charge in [-0.2, -0.15) is 69.5 Å². The van der Waals surface area contributed by atoms with Crippen LogP contribution in [0.4, 0.5) is 64.1 Å². The number of halogens is 12. The predicted octanol–water partition coefficient (Wildman–Crippen LogP) is 11.7. The molecule has 2 atom stereocenters. The molecule has 0 radical (unpaired) electrons. The minimum atomic E-state index is -5.86. The molecule has 4 rings (SSSR count). The lowest BCUT2D eigenvalue weighted by Crippen LogP contribution is -2.42. The molecule has 0 bridgehead atoms. The van der Waals surface area contributed by atoms with Crippen LogP contribution in [0.2, 0.25) is 0 Å². The van der Waals surface area contributed by atoms with Crippen LogP contribution in [0.3, 0.4) is 0 Å². The van der Waals surface area contributed by atoms with E-state index in [0.29, 0.717) is 0 Å². The molecule has 0 unspecified atom stereocenters. The maximum Gasteiger partial charge on any atom is 0.516 e. The van der Waals surface area contributed by atoms with Crippen LogP contribution in [0.15, 0.2) is 121 Å². The molecule has 0 N–H and O–H groups in total. The van der Waals surface area contributed by atoms with Gasteiger partial charge in [0, 0.05) is 25.9 Å². The van der Waals surface area contributed by atoms with Gasteiger partial charge in [0.2, 0.25) is 0 Å². The third kappa shape index (κ3) is 17.4. The first-order chi connectivity index (χ1) is 30.6. The van der Waals surface area contributed by atoms with E-state index in [0.717, 1.165) is 24.3 Å². The van der Waals surface area contributed by atoms with Crippen molar-refractivity contribution in [1.29, 1.82) is 0 Å². The van der Waals surface area contributed by atoms with Crippen molar-refractivity contribution >= 4 is 43.4 Å². The van der Waals surface area contributed by atoms with Crippen molar-refractivity contribution in [3.05, 3.63) is 132 Å². The molecule has 0 spiro atoms. The lowest BCUT2D eigenvalue weighted by Gasteiger charge is -2.27. The number of hydrogen-bond donors (Lipinski definition) is 0. The maximum absolute atomic E-state index is 13.1. The molecular formula is C42H44F12N2O8S2. The van der Waals surface area contributed by atoms with Crippen molar-refractivity contribution < 1.29 is 88.6 Å². The van der Waals surface area contributed by atoms with Crippen LogP contribution in [-0.2, 0) is 39.1 Å². The highest BCUT2D eigenvalue weighted by Gasteiger charge is 2.52. The zero-order valence-electron chi connectivity index (χ0n) is 34.9. The molecule has 0 fully saturated rings. The highest BCUT2D eigenvalue weighted by Crippen LogP contribution is 2.35. The van der Waals surface area contributed by atoms with Crippen molar-refractivity contribution in [3.63, 3.8) is 0 Å². The normalized spacial score (nSPS) is 13.1. The highest BCUT2D eigenvalue weighted by molar-refractivity contribution is 7.93. The third-order valence-corrected chi connectivity index (χ3v) is 11.8. The minimum Gasteiger partial charge on any atom is -0.451 e. The summed E-state index contributed by atoms with van der Waals surface area (Å²) in [6.07, 6.45) is -9.69. The average Bonchev–Trinajstić information content (AvgIpc) is 3.25. The van der Waals surface area contributed by atoms with Crippen molar-refractivity contribution in [2.45, 2.75) is 87.9 Å². The fourth-order valence-corrected chi connectivity index (χ4v) is 7.49. The zero-order chi connectivity index (χ0) is 50.0. The van der Waals surface area contributed by atoms with Crippen LogP contribution >= 0.6 is 0 Å². The molecule has 4 aromatic rings. The van der Waals surface area contributed by atoms with Crippen LogP contribution in [0, 0.1) is 0 Å². The number of rotatable bonds is 17. The first kappa shape index (κ1) is 56.6. The summed E-state index contributed by atoms with van der Waals surface area (Å²) in [5.74, 6) is -5.08. The number of alkyl halides is 12. The molecule has 0 saturated carbocycles. The van der Waals surface area contributed by atoms with Gasteiger partial charge in [-0.15, -0.1) is 0 Å². The van der Waals surface area contributed by atoms with Gasteiger partial charge in [0.25, 0.3) is 0 Å². The number of ether oxygens (including phenoxy) is 2. The molecule has 0 aliphatic rings. The summed E-state index contributed by atoms with van der Waals surface area (Å²) in [4.78, 5) is 22.5. The summed E-state index contributed by atoms with van der Waals surface area (Å²) < 4.78 is 211. The lowest BCUT2D eigenvalue weighted by molar-refractivity contribution is -0.205. The molecule has 0 aliphatic carbocycles. The Morgan fingerprint density at radius 3 is 0.955 bits per heavy atom. The molecule has 24 heteroatoms. The topological polar surface area (TPSA) is 127 Å². The van der Waals surface area contributed by atoms with E-state index in [4.69, 9.17) is 0 Å². The fourth-order valence-electron chi connectivity index (χ4n) is 5.50. The lowest BCUT2D eigenvalue weighted by atomic mass is 10.1. The summed E-state index contributed by atoms with van der Waals surface area (Å²) in [5, 5.41) is 0. The Labute approximate surface area is 373 Å². The van der Waals surface area contributed by atoms with Crippen LogP contribution in [0.25, 0.3) is 0 Å². The molecule has 0 saturated heterocycles. The Bertz CT molecular complexity index is 2120. The number of para-hydroxylation sites is 2. The number of unbranched alkanes of at least 4 members (excludes halogenated alkanes) is 3. The standard InChI is InChI=1S/2C18H15F6NO4S.C6H14/c2*19-17(20,21)16(26)29-15(13-7-3-1-4-8-13)11-12-25(14-9-5-2-6-10-14)30(27,28)18(22,23)24;1-3-5-6-4-2/h2*1-10,15H,11-12H2;3-6H2,1-2H3/t2*15-;/m10./s1. The van der Waals surface area contributed by atoms with E-state index in [1.807, 2.05) is 0 Å². The van der Waals surface area contributed by atoms with Crippen molar-refractivity contribution in [2.75, 3.05) is 21.7 Å². The highest BCUT2D eigenvalue weighted by atomic mass is 32.2. The number of carbonyl (C=O) groups is 2. The monoisotopic (exact) mass is 996 g/mol. The van der Waals surface area contributed by atoms with Gasteiger partial charge in [0.15, 0.2) is 0 Å². The molecule has 0 amide bonds. The predicted molar refractivity (Wildman–Crippen MR) is 219 cm³/mol. The van der Waals surface area contributed by atoms with E-state index < -0.39 is 93.5 Å². The third-order valence-electron chi connectivity index (χ3n) is 8.70. The maximum atomic E-state index is 13.1. The second-order valence-corrected chi connectivity index (χ2v) is 17.3. The zero-order valence-corrected chi connectivity index (χ0v) is 36.5. The minimum absolute atomic E-state index is 0.0182. The largest absolute Gasteiger partial charge is 0.516 e. The van der Waals surface area contributed by atoms with Gasteiger partial charge >= 0.3 is 55.4 Å².